The third kappa shape index (κ3) is 6.30. The number of sulfonamides is 1. The number of aryl methyl sites for hydroxylation is 2. The molecule has 0 heterocycles. The Morgan fingerprint density at radius 2 is 1.65 bits per heavy atom. The molecule has 2 aromatic carbocycles. The van der Waals surface area contributed by atoms with Crippen LogP contribution >= 0.6 is 0 Å². The van der Waals surface area contributed by atoms with Gasteiger partial charge in [0, 0.05) is 17.8 Å². The Morgan fingerprint density at radius 3 is 2.23 bits per heavy atom. The van der Waals surface area contributed by atoms with Crippen LogP contribution < -0.4 is 4.72 Å². The molecule has 0 fully saturated rings. The van der Waals surface area contributed by atoms with Crippen molar-refractivity contribution in [2.45, 2.75) is 58.5 Å². The first kappa shape index (κ1) is 24.4. The fraction of sp³-hybridized carbons (Fsp3) is 0.391. The summed E-state index contributed by atoms with van der Waals surface area (Å²) < 4.78 is 33.5. The van der Waals surface area contributed by atoms with Crippen molar-refractivity contribution in [3.8, 4) is 0 Å². The fourth-order valence-electron chi connectivity index (χ4n) is 3.39. The SMILES string of the molecule is Cc1cccc(NS(=O)(=O)c2cc(C(=O)OCC(=O)N(C(C)C)C(C)C)ccc2C)c1. The monoisotopic (exact) mass is 446 g/mol. The Bertz CT molecular complexity index is 1050. The van der Waals surface area contributed by atoms with E-state index in [4.69, 9.17) is 4.74 Å². The van der Waals surface area contributed by atoms with Gasteiger partial charge in [-0.1, -0.05) is 18.2 Å². The summed E-state index contributed by atoms with van der Waals surface area (Å²) >= 11 is 0. The molecule has 7 nitrogen and oxygen atoms in total. The highest BCUT2D eigenvalue weighted by Crippen LogP contribution is 2.22. The van der Waals surface area contributed by atoms with Crippen molar-refractivity contribution >= 4 is 27.6 Å². The summed E-state index contributed by atoms with van der Waals surface area (Å²) in [5.74, 6) is -1.06. The van der Waals surface area contributed by atoms with Crippen molar-refractivity contribution in [1.29, 1.82) is 0 Å². The first-order chi connectivity index (χ1) is 14.4. The van der Waals surface area contributed by atoms with Crippen molar-refractivity contribution < 1.29 is 22.7 Å². The highest BCUT2D eigenvalue weighted by atomic mass is 32.2. The van der Waals surface area contributed by atoms with Gasteiger partial charge in [0.15, 0.2) is 6.61 Å². The molecule has 31 heavy (non-hydrogen) atoms. The molecule has 0 unspecified atom stereocenters. The summed E-state index contributed by atoms with van der Waals surface area (Å²) in [4.78, 5) is 26.5. The zero-order valence-corrected chi connectivity index (χ0v) is 19.6. The lowest BCUT2D eigenvalue weighted by Crippen LogP contribution is -2.44. The van der Waals surface area contributed by atoms with Crippen LogP contribution in [0.15, 0.2) is 47.4 Å². The van der Waals surface area contributed by atoms with Gasteiger partial charge in [-0.2, -0.15) is 0 Å². The highest BCUT2D eigenvalue weighted by Gasteiger charge is 2.23. The number of benzene rings is 2. The normalized spacial score (nSPS) is 11.5. The van der Waals surface area contributed by atoms with Crippen molar-refractivity contribution in [2.75, 3.05) is 11.3 Å². The van der Waals surface area contributed by atoms with Crippen LogP contribution in [0.25, 0.3) is 0 Å². The maximum absolute atomic E-state index is 12.9. The van der Waals surface area contributed by atoms with Crippen LogP contribution in [0, 0.1) is 13.8 Å². The van der Waals surface area contributed by atoms with E-state index < -0.39 is 22.6 Å². The zero-order valence-electron chi connectivity index (χ0n) is 18.8. The van der Waals surface area contributed by atoms with Gasteiger partial charge in [-0.3, -0.25) is 9.52 Å². The van der Waals surface area contributed by atoms with Crippen molar-refractivity contribution in [1.82, 2.24) is 4.90 Å². The van der Waals surface area contributed by atoms with Gasteiger partial charge in [0.2, 0.25) is 0 Å². The molecule has 8 heteroatoms. The van der Waals surface area contributed by atoms with Crippen LogP contribution in [0.5, 0.6) is 0 Å². The van der Waals surface area contributed by atoms with Crippen LogP contribution in [-0.2, 0) is 19.6 Å². The summed E-state index contributed by atoms with van der Waals surface area (Å²) in [5, 5.41) is 0. The lowest BCUT2D eigenvalue weighted by Gasteiger charge is -2.30. The second kappa shape index (κ2) is 9.96. The molecule has 2 rings (SSSR count). The molecule has 0 aliphatic rings. The van der Waals surface area contributed by atoms with Gasteiger partial charge in [0.05, 0.1) is 10.5 Å². The minimum atomic E-state index is -3.92. The van der Waals surface area contributed by atoms with Gasteiger partial charge < -0.3 is 9.64 Å². The largest absolute Gasteiger partial charge is 0.452 e. The molecule has 1 N–H and O–H groups in total. The molecule has 0 saturated heterocycles. The Hall–Kier alpha value is -2.87. The number of rotatable bonds is 8. The number of hydrogen-bond donors (Lipinski definition) is 1. The van der Waals surface area contributed by atoms with Crippen LogP contribution in [-0.4, -0.2) is 43.9 Å². The number of anilines is 1. The number of amides is 1. The predicted octanol–water partition coefficient (Wildman–Crippen LogP) is 3.91. The van der Waals surface area contributed by atoms with Gasteiger partial charge in [0.25, 0.3) is 15.9 Å². The lowest BCUT2D eigenvalue weighted by atomic mass is 10.1. The molecule has 0 aliphatic carbocycles. The number of ether oxygens (including phenoxy) is 1. The number of nitrogens with one attached hydrogen (secondary N) is 1. The van der Waals surface area contributed by atoms with Gasteiger partial charge in [-0.25, -0.2) is 13.2 Å². The molecule has 0 bridgehead atoms. The van der Waals surface area contributed by atoms with E-state index in [-0.39, 0.29) is 28.4 Å². The summed E-state index contributed by atoms with van der Waals surface area (Å²) in [7, 11) is -3.92. The molecule has 2 aromatic rings. The van der Waals surface area contributed by atoms with E-state index in [1.54, 1.807) is 30.0 Å². The van der Waals surface area contributed by atoms with E-state index in [0.717, 1.165) is 5.56 Å². The number of nitrogens with zero attached hydrogens (tertiary/aromatic N) is 1. The number of carbonyl (C=O) groups excluding carboxylic acids is 2. The maximum Gasteiger partial charge on any atom is 0.338 e. The molecule has 0 atom stereocenters. The van der Waals surface area contributed by atoms with Crippen LogP contribution in [0.4, 0.5) is 5.69 Å². The number of carbonyl (C=O) groups is 2. The van der Waals surface area contributed by atoms with E-state index in [9.17, 15) is 18.0 Å². The summed E-state index contributed by atoms with van der Waals surface area (Å²) in [6, 6.07) is 11.2. The molecular weight excluding hydrogens is 416 g/mol. The second-order valence-corrected chi connectivity index (χ2v) is 9.67. The third-order valence-electron chi connectivity index (χ3n) is 4.71. The molecule has 168 valence electrons. The Labute approximate surface area is 184 Å². The molecule has 0 aromatic heterocycles. The first-order valence-electron chi connectivity index (χ1n) is 10.1. The smallest absolute Gasteiger partial charge is 0.338 e. The maximum atomic E-state index is 12.9. The quantitative estimate of drug-likeness (QED) is 0.621. The lowest BCUT2D eigenvalue weighted by molar-refractivity contribution is -0.138. The average molecular weight is 447 g/mol. The summed E-state index contributed by atoms with van der Waals surface area (Å²) in [6.45, 7) is 10.6. The minimum Gasteiger partial charge on any atom is -0.452 e. The van der Waals surface area contributed by atoms with Gasteiger partial charge in [-0.15, -0.1) is 0 Å². The molecular formula is C23H30N2O5S. The second-order valence-electron chi connectivity index (χ2n) is 8.02. The zero-order chi connectivity index (χ0) is 23.3. The fourth-order valence-corrected chi connectivity index (χ4v) is 4.71. The van der Waals surface area contributed by atoms with Crippen LogP contribution in [0.2, 0.25) is 0 Å². The number of esters is 1. The Kier molecular flexibility index (Phi) is 7.84. The van der Waals surface area contributed by atoms with E-state index >= 15 is 0 Å². The van der Waals surface area contributed by atoms with Crippen molar-refractivity contribution in [2.24, 2.45) is 0 Å². The van der Waals surface area contributed by atoms with Gasteiger partial charge >= 0.3 is 5.97 Å². The highest BCUT2D eigenvalue weighted by molar-refractivity contribution is 7.92. The van der Waals surface area contributed by atoms with Gasteiger partial charge in [0.1, 0.15) is 0 Å². The van der Waals surface area contributed by atoms with E-state index in [0.29, 0.717) is 11.3 Å². The predicted molar refractivity (Wildman–Crippen MR) is 121 cm³/mol. The van der Waals surface area contributed by atoms with E-state index in [1.165, 1.54) is 18.2 Å². The molecule has 0 radical (unpaired) electrons. The average Bonchev–Trinajstić information content (AvgIpc) is 2.65. The topological polar surface area (TPSA) is 92.8 Å². The number of hydrogen-bond acceptors (Lipinski definition) is 5. The summed E-state index contributed by atoms with van der Waals surface area (Å²) in [6.07, 6.45) is 0. The van der Waals surface area contributed by atoms with Crippen molar-refractivity contribution in [3.63, 3.8) is 0 Å². The van der Waals surface area contributed by atoms with Crippen molar-refractivity contribution in [3.05, 3.63) is 59.2 Å². The molecule has 0 aliphatic heterocycles. The Balaban J connectivity index is 2.20. The molecule has 0 saturated carbocycles. The molecule has 0 spiro atoms. The van der Waals surface area contributed by atoms with Gasteiger partial charge in [-0.05, 0) is 76.9 Å². The standard InChI is InChI=1S/C23H30N2O5S/c1-15(2)25(16(3)4)22(26)14-30-23(27)19-11-10-18(6)21(13-19)31(28,29)24-20-9-7-8-17(5)12-20/h7-13,15-16,24H,14H2,1-6H3. The summed E-state index contributed by atoms with van der Waals surface area (Å²) in [5.41, 5.74) is 1.89. The third-order valence-corrected chi connectivity index (χ3v) is 6.23. The Morgan fingerprint density at radius 1 is 1.00 bits per heavy atom. The van der Waals surface area contributed by atoms with E-state index in [1.807, 2.05) is 40.7 Å². The van der Waals surface area contributed by atoms with E-state index in [2.05, 4.69) is 4.72 Å². The minimum absolute atomic E-state index is 0.0271. The molecule has 1 amide bonds. The first-order valence-corrected chi connectivity index (χ1v) is 11.6. The van der Waals surface area contributed by atoms with Crippen LogP contribution in [0.1, 0.15) is 49.2 Å². The van der Waals surface area contributed by atoms with Crippen LogP contribution in [0.3, 0.4) is 0 Å².